The van der Waals surface area contributed by atoms with Gasteiger partial charge in [0.1, 0.15) is 0 Å². The number of para-hydroxylation sites is 2. The highest BCUT2D eigenvalue weighted by Gasteiger charge is 2.19. The van der Waals surface area contributed by atoms with E-state index >= 15 is 0 Å². The van der Waals surface area contributed by atoms with E-state index in [0.29, 0.717) is 5.69 Å². The summed E-state index contributed by atoms with van der Waals surface area (Å²) in [5.41, 5.74) is 3.69. The number of nitrogens with one attached hydrogen (secondary N) is 2. The molecular formula is C22H29N3O2. The Kier molecular flexibility index (Phi) is 6.26. The second-order valence-electron chi connectivity index (χ2n) is 7.93. The predicted octanol–water partition coefficient (Wildman–Crippen LogP) is 3.87. The molecule has 0 aliphatic heterocycles. The van der Waals surface area contributed by atoms with Gasteiger partial charge < -0.3 is 15.5 Å². The van der Waals surface area contributed by atoms with Gasteiger partial charge in [0, 0.05) is 14.1 Å². The molecule has 5 nitrogen and oxygen atoms in total. The predicted molar refractivity (Wildman–Crippen MR) is 111 cm³/mol. The summed E-state index contributed by atoms with van der Waals surface area (Å²) in [6, 6.07) is 15.2. The zero-order valence-corrected chi connectivity index (χ0v) is 17.0. The van der Waals surface area contributed by atoms with Gasteiger partial charge in [-0.1, -0.05) is 57.2 Å². The van der Waals surface area contributed by atoms with Crippen LogP contribution in [0.4, 0.5) is 11.4 Å². The van der Waals surface area contributed by atoms with Crippen LogP contribution in [0, 0.1) is 0 Å². The monoisotopic (exact) mass is 367 g/mol. The smallest absolute Gasteiger partial charge is 0.313 e. The van der Waals surface area contributed by atoms with Crippen LogP contribution in [0.2, 0.25) is 0 Å². The summed E-state index contributed by atoms with van der Waals surface area (Å²) in [5, 5.41) is 5.44. The van der Waals surface area contributed by atoms with Crippen LogP contribution >= 0.6 is 0 Å². The number of benzene rings is 2. The van der Waals surface area contributed by atoms with E-state index < -0.39 is 11.8 Å². The zero-order chi connectivity index (χ0) is 20.2. The number of amides is 2. The molecule has 144 valence electrons. The topological polar surface area (TPSA) is 61.4 Å². The third kappa shape index (κ3) is 5.33. The number of carbonyl (C=O) groups excluding carboxylic acids is 2. The quantitative estimate of drug-likeness (QED) is 0.807. The Morgan fingerprint density at radius 1 is 0.926 bits per heavy atom. The van der Waals surface area contributed by atoms with Crippen molar-refractivity contribution in [1.82, 2.24) is 5.32 Å². The summed E-state index contributed by atoms with van der Waals surface area (Å²) in [6.07, 6.45) is 0. The van der Waals surface area contributed by atoms with E-state index in [-0.39, 0.29) is 11.5 Å². The van der Waals surface area contributed by atoms with Crippen molar-refractivity contribution in [3.05, 3.63) is 59.7 Å². The lowest BCUT2D eigenvalue weighted by atomic mass is 9.86. The maximum Gasteiger partial charge on any atom is 0.313 e. The second kappa shape index (κ2) is 8.25. The van der Waals surface area contributed by atoms with Crippen molar-refractivity contribution in [2.75, 3.05) is 24.3 Å². The Labute approximate surface area is 161 Å². The highest BCUT2D eigenvalue weighted by atomic mass is 16.2. The zero-order valence-electron chi connectivity index (χ0n) is 17.0. The summed E-state index contributed by atoms with van der Waals surface area (Å²) in [7, 11) is 3.77. The molecule has 1 atom stereocenters. The molecule has 0 radical (unpaired) electrons. The van der Waals surface area contributed by atoms with Gasteiger partial charge in [-0.15, -0.1) is 0 Å². The van der Waals surface area contributed by atoms with Crippen LogP contribution in [-0.2, 0) is 15.0 Å². The summed E-state index contributed by atoms with van der Waals surface area (Å²) >= 11 is 0. The van der Waals surface area contributed by atoms with Crippen molar-refractivity contribution < 1.29 is 9.59 Å². The lowest BCUT2D eigenvalue weighted by molar-refractivity contribution is -0.136. The molecule has 0 bridgehead atoms. The Bertz CT molecular complexity index is 805. The van der Waals surface area contributed by atoms with E-state index in [1.54, 1.807) is 6.07 Å². The number of nitrogens with zero attached hydrogens (tertiary/aromatic N) is 1. The van der Waals surface area contributed by atoms with Crippen LogP contribution in [-0.4, -0.2) is 25.9 Å². The molecule has 5 heteroatoms. The van der Waals surface area contributed by atoms with Gasteiger partial charge in [-0.3, -0.25) is 9.59 Å². The highest BCUT2D eigenvalue weighted by Crippen LogP contribution is 2.25. The Morgan fingerprint density at radius 3 is 2.07 bits per heavy atom. The summed E-state index contributed by atoms with van der Waals surface area (Å²) in [6.45, 7) is 8.33. The minimum atomic E-state index is -0.678. The van der Waals surface area contributed by atoms with E-state index in [2.05, 4.69) is 43.5 Å². The Hall–Kier alpha value is -2.82. The van der Waals surface area contributed by atoms with Crippen molar-refractivity contribution in [2.45, 2.75) is 39.2 Å². The molecule has 2 amide bonds. The fraction of sp³-hybridized carbons (Fsp3) is 0.364. The summed E-state index contributed by atoms with van der Waals surface area (Å²) in [4.78, 5) is 26.5. The molecule has 2 aromatic carbocycles. The minimum Gasteiger partial charge on any atom is -0.376 e. The second-order valence-corrected chi connectivity index (χ2v) is 7.93. The SMILES string of the molecule is CC(NC(=O)C(=O)Nc1ccccc1N(C)C)c1ccc(C(C)(C)C)cc1. The van der Waals surface area contributed by atoms with Crippen LogP contribution < -0.4 is 15.5 Å². The van der Waals surface area contributed by atoms with Gasteiger partial charge in [0.15, 0.2) is 0 Å². The fourth-order valence-corrected chi connectivity index (χ4v) is 2.77. The number of carbonyl (C=O) groups is 2. The first-order valence-corrected chi connectivity index (χ1v) is 9.08. The molecule has 0 saturated carbocycles. The Balaban J connectivity index is 2.03. The van der Waals surface area contributed by atoms with Crippen LogP contribution in [0.1, 0.15) is 44.9 Å². The maximum atomic E-state index is 12.3. The van der Waals surface area contributed by atoms with Crippen molar-refractivity contribution in [3.8, 4) is 0 Å². The van der Waals surface area contributed by atoms with Crippen molar-refractivity contribution >= 4 is 23.2 Å². The number of hydrogen-bond acceptors (Lipinski definition) is 3. The number of hydrogen-bond donors (Lipinski definition) is 2. The van der Waals surface area contributed by atoms with E-state index in [1.165, 1.54) is 5.56 Å². The molecule has 0 saturated heterocycles. The first-order chi connectivity index (χ1) is 12.6. The van der Waals surface area contributed by atoms with Gasteiger partial charge in [-0.25, -0.2) is 0 Å². The molecule has 27 heavy (non-hydrogen) atoms. The molecule has 0 aliphatic carbocycles. The number of anilines is 2. The molecule has 0 aliphatic rings. The molecule has 2 N–H and O–H groups in total. The lowest BCUT2D eigenvalue weighted by Gasteiger charge is -2.21. The van der Waals surface area contributed by atoms with E-state index in [4.69, 9.17) is 0 Å². The minimum absolute atomic E-state index is 0.0741. The summed E-state index contributed by atoms with van der Waals surface area (Å²) < 4.78 is 0. The van der Waals surface area contributed by atoms with Gasteiger partial charge in [-0.05, 0) is 35.6 Å². The van der Waals surface area contributed by atoms with E-state index in [0.717, 1.165) is 11.3 Å². The van der Waals surface area contributed by atoms with E-state index in [9.17, 15) is 9.59 Å². The molecule has 0 fully saturated rings. The summed E-state index contributed by atoms with van der Waals surface area (Å²) in [5.74, 6) is -1.33. The van der Waals surface area contributed by atoms with Crippen LogP contribution in [0.15, 0.2) is 48.5 Å². The standard InChI is InChI=1S/C22H29N3O2/c1-15(16-11-13-17(14-12-16)22(2,3)4)23-20(26)21(27)24-18-9-7-8-10-19(18)25(5)6/h7-15H,1-6H3,(H,23,26)(H,24,27). The molecule has 0 heterocycles. The first-order valence-electron chi connectivity index (χ1n) is 9.08. The molecule has 2 rings (SSSR count). The highest BCUT2D eigenvalue weighted by molar-refractivity contribution is 6.40. The van der Waals surface area contributed by atoms with E-state index in [1.807, 2.05) is 56.3 Å². The lowest BCUT2D eigenvalue weighted by Crippen LogP contribution is -2.37. The average Bonchev–Trinajstić information content (AvgIpc) is 2.61. The van der Waals surface area contributed by atoms with Gasteiger partial charge in [0.2, 0.25) is 0 Å². The Morgan fingerprint density at radius 2 is 1.52 bits per heavy atom. The third-order valence-corrected chi connectivity index (χ3v) is 4.46. The molecule has 0 aromatic heterocycles. The normalized spacial score (nSPS) is 12.2. The molecular weight excluding hydrogens is 338 g/mol. The molecule has 0 spiro atoms. The first kappa shape index (κ1) is 20.5. The van der Waals surface area contributed by atoms with Gasteiger partial charge in [-0.2, -0.15) is 0 Å². The molecule has 1 unspecified atom stereocenters. The average molecular weight is 367 g/mol. The van der Waals surface area contributed by atoms with Crippen molar-refractivity contribution in [1.29, 1.82) is 0 Å². The van der Waals surface area contributed by atoms with Crippen LogP contribution in [0.3, 0.4) is 0 Å². The van der Waals surface area contributed by atoms with Crippen molar-refractivity contribution in [3.63, 3.8) is 0 Å². The van der Waals surface area contributed by atoms with Crippen molar-refractivity contribution in [2.24, 2.45) is 0 Å². The fourth-order valence-electron chi connectivity index (χ4n) is 2.77. The maximum absolute atomic E-state index is 12.3. The largest absolute Gasteiger partial charge is 0.376 e. The van der Waals surface area contributed by atoms with Crippen LogP contribution in [0.25, 0.3) is 0 Å². The van der Waals surface area contributed by atoms with Gasteiger partial charge >= 0.3 is 11.8 Å². The third-order valence-electron chi connectivity index (χ3n) is 4.46. The van der Waals surface area contributed by atoms with Gasteiger partial charge in [0.05, 0.1) is 17.4 Å². The van der Waals surface area contributed by atoms with Crippen LogP contribution in [0.5, 0.6) is 0 Å². The number of rotatable bonds is 4. The molecule has 2 aromatic rings. The van der Waals surface area contributed by atoms with Gasteiger partial charge in [0.25, 0.3) is 0 Å².